The molecular formula is C15H18O3. The van der Waals surface area contributed by atoms with Crippen molar-refractivity contribution in [1.29, 1.82) is 0 Å². The number of methoxy groups -OCH3 is 1. The molecule has 0 atom stereocenters. The van der Waals surface area contributed by atoms with E-state index in [-0.39, 0.29) is 6.61 Å². The molecule has 1 aromatic carbocycles. The molecule has 1 rings (SSSR count). The fourth-order valence-corrected chi connectivity index (χ4v) is 1.23. The molecule has 0 aliphatic rings. The number of ether oxygens (including phenoxy) is 2. The number of benzene rings is 1. The monoisotopic (exact) mass is 246 g/mol. The van der Waals surface area contributed by atoms with E-state index in [1.165, 1.54) is 0 Å². The van der Waals surface area contributed by atoms with E-state index >= 15 is 0 Å². The molecule has 3 heteroatoms. The highest BCUT2D eigenvalue weighted by molar-refractivity contribution is 5.57. The van der Waals surface area contributed by atoms with Gasteiger partial charge in [0.25, 0.3) is 0 Å². The molecule has 0 aliphatic carbocycles. The number of aliphatic hydroxyl groups is 1. The summed E-state index contributed by atoms with van der Waals surface area (Å²) in [6.45, 7) is 7.27. The highest BCUT2D eigenvalue weighted by Crippen LogP contribution is 2.17. The molecule has 0 fully saturated rings. The van der Waals surface area contributed by atoms with Gasteiger partial charge in [0.1, 0.15) is 23.7 Å². The molecule has 0 aromatic heterocycles. The topological polar surface area (TPSA) is 38.7 Å². The third-order valence-corrected chi connectivity index (χ3v) is 2.13. The van der Waals surface area contributed by atoms with E-state index in [2.05, 4.69) is 18.4 Å². The fourth-order valence-electron chi connectivity index (χ4n) is 1.23. The molecule has 0 bridgehead atoms. The van der Waals surface area contributed by atoms with Crippen molar-refractivity contribution in [2.45, 2.75) is 19.4 Å². The average molecular weight is 246 g/mol. The van der Waals surface area contributed by atoms with Gasteiger partial charge >= 0.3 is 0 Å². The predicted octanol–water partition coefficient (Wildman–Crippen LogP) is 2.46. The summed E-state index contributed by atoms with van der Waals surface area (Å²) >= 11 is 0. The molecule has 0 amide bonds. The number of hydrogen-bond donors (Lipinski definition) is 1. The average Bonchev–Trinajstić information content (AvgIpc) is 2.33. The Hall–Kier alpha value is -1.92. The highest BCUT2D eigenvalue weighted by Gasteiger charge is 2.05. The summed E-state index contributed by atoms with van der Waals surface area (Å²) in [5.74, 6) is 6.76. The molecule has 0 unspecified atom stereocenters. The summed E-state index contributed by atoms with van der Waals surface area (Å²) in [4.78, 5) is 0. The Labute approximate surface area is 108 Å². The first-order valence-corrected chi connectivity index (χ1v) is 5.61. The van der Waals surface area contributed by atoms with Crippen LogP contribution in [0.3, 0.4) is 0 Å². The van der Waals surface area contributed by atoms with E-state index in [4.69, 9.17) is 9.47 Å². The normalized spacial score (nSPS) is 10.2. The zero-order valence-electron chi connectivity index (χ0n) is 11.0. The lowest BCUT2D eigenvalue weighted by Crippen LogP contribution is -2.15. The van der Waals surface area contributed by atoms with Gasteiger partial charge in [-0.1, -0.05) is 18.4 Å². The smallest absolute Gasteiger partial charge is 0.149 e. The third-order valence-electron chi connectivity index (χ3n) is 2.13. The van der Waals surface area contributed by atoms with Crippen LogP contribution in [-0.4, -0.2) is 24.4 Å². The summed E-state index contributed by atoms with van der Waals surface area (Å²) in [5, 5.41) is 9.39. The van der Waals surface area contributed by atoms with Crippen molar-refractivity contribution in [3.8, 4) is 17.6 Å². The van der Waals surface area contributed by atoms with E-state index in [0.717, 1.165) is 5.56 Å². The van der Waals surface area contributed by atoms with Gasteiger partial charge in [0.2, 0.25) is 0 Å². The van der Waals surface area contributed by atoms with Crippen molar-refractivity contribution in [3.63, 3.8) is 0 Å². The van der Waals surface area contributed by atoms with Gasteiger partial charge in [-0.05, 0) is 38.1 Å². The van der Waals surface area contributed by atoms with Gasteiger partial charge in [-0.15, -0.1) is 0 Å². The van der Waals surface area contributed by atoms with Gasteiger partial charge in [0.15, 0.2) is 0 Å². The fraction of sp³-hybridized carbons (Fsp3) is 0.333. The van der Waals surface area contributed by atoms with Crippen LogP contribution in [-0.2, 0) is 4.74 Å². The molecule has 0 aliphatic heterocycles. The summed E-state index contributed by atoms with van der Waals surface area (Å²) in [7, 11) is 1.58. The third kappa shape index (κ3) is 4.94. The summed E-state index contributed by atoms with van der Waals surface area (Å²) in [5.41, 5.74) is -0.0731. The standard InChI is InChI=1S/C15H18O3/c1-12(17-4)13-6-8-14(9-7-13)18-11-5-10-15(2,3)16/h6-9,16H,1,11H2,2-4H3. The van der Waals surface area contributed by atoms with Gasteiger partial charge in [-0.25, -0.2) is 0 Å². The van der Waals surface area contributed by atoms with Gasteiger partial charge in [0.05, 0.1) is 7.11 Å². The molecule has 0 radical (unpaired) electrons. The zero-order chi connectivity index (χ0) is 13.6. The highest BCUT2D eigenvalue weighted by atomic mass is 16.5. The Kier molecular flexibility index (Phi) is 4.82. The van der Waals surface area contributed by atoms with Crippen LogP contribution in [0.15, 0.2) is 30.8 Å². The summed E-state index contributed by atoms with van der Waals surface area (Å²) < 4.78 is 10.4. The van der Waals surface area contributed by atoms with Crippen LogP contribution in [0.4, 0.5) is 0 Å². The van der Waals surface area contributed by atoms with Gasteiger partial charge in [-0.2, -0.15) is 0 Å². The Morgan fingerprint density at radius 2 is 1.94 bits per heavy atom. The molecular weight excluding hydrogens is 228 g/mol. The predicted molar refractivity (Wildman–Crippen MR) is 72.1 cm³/mol. The molecule has 0 saturated carbocycles. The van der Waals surface area contributed by atoms with Crippen LogP contribution in [0.2, 0.25) is 0 Å². The Morgan fingerprint density at radius 3 is 2.44 bits per heavy atom. The lowest BCUT2D eigenvalue weighted by atomic mass is 10.1. The van der Waals surface area contributed by atoms with E-state index < -0.39 is 5.60 Å². The van der Waals surface area contributed by atoms with Crippen molar-refractivity contribution in [1.82, 2.24) is 0 Å². The van der Waals surface area contributed by atoms with Crippen LogP contribution in [0.1, 0.15) is 19.4 Å². The zero-order valence-corrected chi connectivity index (χ0v) is 11.0. The van der Waals surface area contributed by atoms with Gasteiger partial charge < -0.3 is 14.6 Å². The van der Waals surface area contributed by atoms with E-state index in [9.17, 15) is 5.11 Å². The van der Waals surface area contributed by atoms with Crippen LogP contribution < -0.4 is 4.74 Å². The number of rotatable bonds is 4. The molecule has 3 nitrogen and oxygen atoms in total. The first-order chi connectivity index (χ1) is 8.42. The maximum absolute atomic E-state index is 9.39. The molecule has 1 aromatic rings. The minimum atomic E-state index is -0.983. The molecule has 0 heterocycles. The Morgan fingerprint density at radius 1 is 1.33 bits per heavy atom. The second-order valence-electron chi connectivity index (χ2n) is 4.30. The lowest BCUT2D eigenvalue weighted by Gasteiger charge is -2.07. The molecule has 18 heavy (non-hydrogen) atoms. The first kappa shape index (κ1) is 14.1. The van der Waals surface area contributed by atoms with Gasteiger partial charge in [0, 0.05) is 5.56 Å². The van der Waals surface area contributed by atoms with Crippen molar-refractivity contribution < 1.29 is 14.6 Å². The quantitative estimate of drug-likeness (QED) is 0.655. The lowest BCUT2D eigenvalue weighted by molar-refractivity contribution is 0.143. The first-order valence-electron chi connectivity index (χ1n) is 5.61. The maximum atomic E-state index is 9.39. The minimum Gasteiger partial charge on any atom is -0.497 e. The molecule has 0 spiro atoms. The van der Waals surface area contributed by atoms with E-state index in [0.29, 0.717) is 11.5 Å². The van der Waals surface area contributed by atoms with Crippen LogP contribution in [0.25, 0.3) is 5.76 Å². The van der Waals surface area contributed by atoms with Crippen LogP contribution in [0, 0.1) is 11.8 Å². The molecule has 0 saturated heterocycles. The second kappa shape index (κ2) is 6.13. The van der Waals surface area contributed by atoms with Gasteiger partial charge in [-0.3, -0.25) is 0 Å². The molecule has 1 N–H and O–H groups in total. The maximum Gasteiger partial charge on any atom is 0.149 e. The molecule has 96 valence electrons. The largest absolute Gasteiger partial charge is 0.497 e. The summed E-state index contributed by atoms with van der Waals surface area (Å²) in [6, 6.07) is 7.38. The van der Waals surface area contributed by atoms with E-state index in [1.54, 1.807) is 21.0 Å². The minimum absolute atomic E-state index is 0.245. The Balaban J connectivity index is 2.54. The van der Waals surface area contributed by atoms with Crippen molar-refractivity contribution >= 4 is 5.76 Å². The second-order valence-corrected chi connectivity index (χ2v) is 4.30. The van der Waals surface area contributed by atoms with Crippen molar-refractivity contribution in [2.75, 3.05) is 13.7 Å². The van der Waals surface area contributed by atoms with E-state index in [1.807, 2.05) is 24.3 Å². The Bertz CT molecular complexity index is 455. The van der Waals surface area contributed by atoms with Crippen molar-refractivity contribution in [2.24, 2.45) is 0 Å². The SMILES string of the molecule is C=C(OC)c1ccc(OCC#CC(C)(C)O)cc1. The number of hydrogen-bond acceptors (Lipinski definition) is 3. The van der Waals surface area contributed by atoms with Crippen molar-refractivity contribution in [3.05, 3.63) is 36.4 Å². The summed E-state index contributed by atoms with van der Waals surface area (Å²) in [6.07, 6.45) is 0. The van der Waals surface area contributed by atoms with Crippen LogP contribution in [0.5, 0.6) is 5.75 Å². The van der Waals surface area contributed by atoms with Crippen LogP contribution >= 0.6 is 0 Å².